The molecule has 1 aromatic carbocycles. The summed E-state index contributed by atoms with van der Waals surface area (Å²) in [4.78, 5) is 17.2. The SMILES string of the molecule is COc1ccc(CC(=O)N2CCCCO2)cc1. The van der Waals surface area contributed by atoms with Gasteiger partial charge in [0.25, 0.3) is 5.91 Å². The number of ether oxygens (including phenoxy) is 1. The van der Waals surface area contributed by atoms with Gasteiger partial charge in [-0.2, -0.15) is 0 Å². The molecule has 4 nitrogen and oxygen atoms in total. The molecule has 0 aliphatic carbocycles. The molecule has 0 atom stereocenters. The van der Waals surface area contributed by atoms with Crippen molar-refractivity contribution in [2.24, 2.45) is 0 Å². The molecule has 0 spiro atoms. The predicted octanol–water partition coefficient (Wildman–Crippen LogP) is 1.79. The molecule has 0 radical (unpaired) electrons. The van der Waals surface area contributed by atoms with Crippen molar-refractivity contribution in [2.75, 3.05) is 20.3 Å². The summed E-state index contributed by atoms with van der Waals surface area (Å²) in [5.74, 6) is 0.824. The smallest absolute Gasteiger partial charge is 0.250 e. The third kappa shape index (κ3) is 3.20. The van der Waals surface area contributed by atoms with E-state index in [1.54, 1.807) is 7.11 Å². The fourth-order valence-corrected chi connectivity index (χ4v) is 1.80. The van der Waals surface area contributed by atoms with Crippen LogP contribution in [0.15, 0.2) is 24.3 Å². The molecule has 92 valence electrons. The number of methoxy groups -OCH3 is 1. The Balaban J connectivity index is 1.92. The van der Waals surface area contributed by atoms with E-state index < -0.39 is 0 Å². The van der Waals surface area contributed by atoms with Crippen LogP contribution in [0.2, 0.25) is 0 Å². The second kappa shape index (κ2) is 5.68. The summed E-state index contributed by atoms with van der Waals surface area (Å²) in [7, 11) is 1.63. The fourth-order valence-electron chi connectivity index (χ4n) is 1.80. The first kappa shape index (κ1) is 11.9. The molecule has 1 aliphatic rings. The van der Waals surface area contributed by atoms with Gasteiger partial charge in [0.05, 0.1) is 20.1 Å². The number of hydrogen-bond donors (Lipinski definition) is 0. The molecule has 0 unspecified atom stereocenters. The highest BCUT2D eigenvalue weighted by molar-refractivity contribution is 5.77. The lowest BCUT2D eigenvalue weighted by atomic mass is 10.1. The molecule has 0 aromatic heterocycles. The van der Waals surface area contributed by atoms with Crippen LogP contribution in [0.5, 0.6) is 5.75 Å². The molecule has 1 aliphatic heterocycles. The largest absolute Gasteiger partial charge is 0.497 e. The standard InChI is InChI=1S/C13H17NO3/c1-16-12-6-4-11(5-7-12)10-13(15)14-8-2-3-9-17-14/h4-7H,2-3,8-10H2,1H3. The lowest BCUT2D eigenvalue weighted by Crippen LogP contribution is -2.36. The van der Waals surface area contributed by atoms with Crippen molar-refractivity contribution in [3.8, 4) is 5.75 Å². The lowest BCUT2D eigenvalue weighted by molar-refractivity contribution is -0.196. The third-order valence-electron chi connectivity index (χ3n) is 2.80. The summed E-state index contributed by atoms with van der Waals surface area (Å²) in [5, 5.41) is 1.48. The number of hydroxylamine groups is 2. The maximum atomic E-state index is 11.9. The van der Waals surface area contributed by atoms with Gasteiger partial charge in [-0.05, 0) is 30.5 Å². The number of carbonyl (C=O) groups is 1. The van der Waals surface area contributed by atoms with Gasteiger partial charge in [0.15, 0.2) is 0 Å². The van der Waals surface area contributed by atoms with E-state index in [0.717, 1.165) is 24.2 Å². The predicted molar refractivity (Wildman–Crippen MR) is 63.6 cm³/mol. The quantitative estimate of drug-likeness (QED) is 0.801. The molecule has 0 saturated carbocycles. The fraction of sp³-hybridized carbons (Fsp3) is 0.462. The van der Waals surface area contributed by atoms with Crippen LogP contribution in [0.3, 0.4) is 0 Å². The van der Waals surface area contributed by atoms with Gasteiger partial charge in [-0.1, -0.05) is 12.1 Å². The zero-order valence-corrected chi connectivity index (χ0v) is 10.0. The summed E-state index contributed by atoms with van der Waals surface area (Å²) < 4.78 is 5.07. The van der Waals surface area contributed by atoms with E-state index in [0.29, 0.717) is 19.6 Å². The summed E-state index contributed by atoms with van der Waals surface area (Å²) in [6.07, 6.45) is 2.44. The highest BCUT2D eigenvalue weighted by Crippen LogP contribution is 2.13. The maximum Gasteiger partial charge on any atom is 0.250 e. The van der Waals surface area contributed by atoms with E-state index in [-0.39, 0.29) is 5.91 Å². The maximum absolute atomic E-state index is 11.9. The van der Waals surface area contributed by atoms with Gasteiger partial charge >= 0.3 is 0 Å². The minimum Gasteiger partial charge on any atom is -0.497 e. The average molecular weight is 235 g/mol. The van der Waals surface area contributed by atoms with Crippen molar-refractivity contribution in [1.82, 2.24) is 5.06 Å². The number of benzene rings is 1. The Morgan fingerprint density at radius 3 is 2.71 bits per heavy atom. The van der Waals surface area contributed by atoms with Crippen LogP contribution in [-0.2, 0) is 16.1 Å². The third-order valence-corrected chi connectivity index (χ3v) is 2.80. The number of carbonyl (C=O) groups excluding carboxylic acids is 1. The van der Waals surface area contributed by atoms with E-state index in [1.165, 1.54) is 5.06 Å². The van der Waals surface area contributed by atoms with E-state index in [9.17, 15) is 4.79 Å². The number of amides is 1. The Morgan fingerprint density at radius 2 is 2.12 bits per heavy atom. The Morgan fingerprint density at radius 1 is 1.35 bits per heavy atom. The van der Waals surface area contributed by atoms with Gasteiger partial charge in [-0.3, -0.25) is 9.63 Å². The van der Waals surface area contributed by atoms with Gasteiger partial charge in [-0.25, -0.2) is 5.06 Å². The molecular formula is C13H17NO3. The van der Waals surface area contributed by atoms with Gasteiger partial charge < -0.3 is 4.74 Å². The van der Waals surface area contributed by atoms with Crippen LogP contribution in [0.25, 0.3) is 0 Å². The normalized spacial score (nSPS) is 15.7. The highest BCUT2D eigenvalue weighted by atomic mass is 16.7. The zero-order chi connectivity index (χ0) is 12.1. The van der Waals surface area contributed by atoms with E-state index in [1.807, 2.05) is 24.3 Å². The van der Waals surface area contributed by atoms with E-state index in [2.05, 4.69) is 0 Å². The lowest BCUT2D eigenvalue weighted by Gasteiger charge is -2.25. The molecule has 2 rings (SSSR count). The van der Waals surface area contributed by atoms with E-state index in [4.69, 9.17) is 9.57 Å². The first-order chi connectivity index (χ1) is 8.29. The topological polar surface area (TPSA) is 38.8 Å². The summed E-state index contributed by atoms with van der Waals surface area (Å²) >= 11 is 0. The van der Waals surface area contributed by atoms with Crippen molar-refractivity contribution in [2.45, 2.75) is 19.3 Å². The van der Waals surface area contributed by atoms with Gasteiger partial charge in [-0.15, -0.1) is 0 Å². The van der Waals surface area contributed by atoms with Gasteiger partial charge in [0, 0.05) is 6.54 Å². The molecule has 1 heterocycles. The first-order valence-electron chi connectivity index (χ1n) is 5.86. The molecule has 4 heteroatoms. The zero-order valence-electron chi connectivity index (χ0n) is 10.0. The van der Waals surface area contributed by atoms with Crippen LogP contribution in [-0.4, -0.2) is 31.2 Å². The summed E-state index contributed by atoms with van der Waals surface area (Å²) in [5.41, 5.74) is 0.977. The Labute approximate surface area is 101 Å². The van der Waals surface area contributed by atoms with Gasteiger partial charge in [0.2, 0.25) is 0 Å². The molecule has 1 amide bonds. The van der Waals surface area contributed by atoms with Crippen LogP contribution >= 0.6 is 0 Å². The number of hydrogen-bond acceptors (Lipinski definition) is 3. The van der Waals surface area contributed by atoms with Crippen molar-refractivity contribution in [3.05, 3.63) is 29.8 Å². The van der Waals surface area contributed by atoms with Crippen LogP contribution in [0.4, 0.5) is 0 Å². The Bertz CT molecular complexity index is 369. The van der Waals surface area contributed by atoms with Crippen molar-refractivity contribution < 1.29 is 14.4 Å². The highest BCUT2D eigenvalue weighted by Gasteiger charge is 2.17. The van der Waals surface area contributed by atoms with Crippen molar-refractivity contribution in [3.63, 3.8) is 0 Å². The number of nitrogens with zero attached hydrogens (tertiary/aromatic N) is 1. The Hall–Kier alpha value is -1.55. The molecule has 0 N–H and O–H groups in total. The summed E-state index contributed by atoms with van der Waals surface area (Å²) in [6.45, 7) is 1.35. The molecule has 1 aromatic rings. The minimum atomic E-state index is 0.0230. The molecule has 17 heavy (non-hydrogen) atoms. The second-order valence-corrected chi connectivity index (χ2v) is 4.06. The Kier molecular flexibility index (Phi) is 3.98. The van der Waals surface area contributed by atoms with Crippen molar-refractivity contribution in [1.29, 1.82) is 0 Å². The van der Waals surface area contributed by atoms with Crippen molar-refractivity contribution >= 4 is 5.91 Å². The minimum absolute atomic E-state index is 0.0230. The van der Waals surface area contributed by atoms with Gasteiger partial charge in [0.1, 0.15) is 5.75 Å². The monoisotopic (exact) mass is 235 g/mol. The molecule has 1 fully saturated rings. The average Bonchev–Trinajstić information content (AvgIpc) is 2.40. The number of rotatable bonds is 3. The summed E-state index contributed by atoms with van der Waals surface area (Å²) in [6, 6.07) is 7.53. The molecule has 1 saturated heterocycles. The first-order valence-corrected chi connectivity index (χ1v) is 5.86. The van der Waals surface area contributed by atoms with Crippen LogP contribution < -0.4 is 4.74 Å². The van der Waals surface area contributed by atoms with Crippen LogP contribution in [0.1, 0.15) is 18.4 Å². The second-order valence-electron chi connectivity index (χ2n) is 4.06. The van der Waals surface area contributed by atoms with Crippen LogP contribution in [0, 0.1) is 0 Å². The molecule has 0 bridgehead atoms. The van der Waals surface area contributed by atoms with E-state index >= 15 is 0 Å². The molecular weight excluding hydrogens is 218 g/mol.